The highest BCUT2D eigenvalue weighted by Crippen LogP contribution is 2.44. The minimum absolute atomic E-state index is 0.0217. The summed E-state index contributed by atoms with van der Waals surface area (Å²) in [5, 5.41) is 12.6. The summed E-state index contributed by atoms with van der Waals surface area (Å²) in [5.41, 5.74) is 3.67. The van der Waals surface area contributed by atoms with Gasteiger partial charge in [-0.05, 0) is 25.1 Å². The zero-order valence-electron chi connectivity index (χ0n) is 20.0. The van der Waals surface area contributed by atoms with E-state index >= 15 is 0 Å². The van der Waals surface area contributed by atoms with Crippen LogP contribution in [0.15, 0.2) is 42.5 Å². The zero-order chi connectivity index (χ0) is 25.7. The van der Waals surface area contributed by atoms with E-state index in [9.17, 15) is 13.6 Å². The van der Waals surface area contributed by atoms with Crippen LogP contribution in [0.1, 0.15) is 47.8 Å². The van der Waals surface area contributed by atoms with E-state index in [-0.39, 0.29) is 36.5 Å². The number of benzene rings is 2. The summed E-state index contributed by atoms with van der Waals surface area (Å²) in [4.78, 5) is 15.4. The first-order chi connectivity index (χ1) is 17.9. The Morgan fingerprint density at radius 3 is 2.92 bits per heavy atom. The topological polar surface area (TPSA) is 94.8 Å². The van der Waals surface area contributed by atoms with Crippen LogP contribution in [0.2, 0.25) is 0 Å². The first kappa shape index (κ1) is 23.3. The molecule has 0 bridgehead atoms. The summed E-state index contributed by atoms with van der Waals surface area (Å²) < 4.78 is 48.0. The third-order valence-corrected chi connectivity index (χ3v) is 6.85. The quantitative estimate of drug-likeness (QED) is 0.464. The fourth-order valence-electron chi connectivity index (χ4n) is 5.24. The van der Waals surface area contributed by atoms with Crippen LogP contribution in [-0.4, -0.2) is 46.6 Å². The van der Waals surface area contributed by atoms with Gasteiger partial charge < -0.3 is 24.6 Å². The summed E-state index contributed by atoms with van der Waals surface area (Å²) in [7, 11) is 0. The minimum atomic E-state index is -1.46. The Hall–Kier alpha value is -4.08. The molecule has 0 spiro atoms. The Labute approximate surface area is 211 Å². The number of alkyl halides is 1. The number of carboxylic acid groups (broad SMARTS) is 1. The van der Waals surface area contributed by atoms with Crippen LogP contribution in [0.25, 0.3) is 11.5 Å². The van der Waals surface area contributed by atoms with Gasteiger partial charge in [-0.2, -0.15) is 4.98 Å². The van der Waals surface area contributed by atoms with Gasteiger partial charge in [0.1, 0.15) is 35.8 Å². The molecule has 8 nitrogen and oxygen atoms in total. The van der Waals surface area contributed by atoms with Crippen molar-refractivity contribution >= 4 is 17.5 Å². The van der Waals surface area contributed by atoms with Gasteiger partial charge in [0.15, 0.2) is 0 Å². The number of hydrogen-bond acceptors (Lipinski definition) is 6. The molecule has 3 atom stereocenters. The average molecular weight is 510 g/mol. The Kier molecular flexibility index (Phi) is 5.73. The van der Waals surface area contributed by atoms with Crippen LogP contribution in [0, 0.1) is 0 Å². The van der Waals surface area contributed by atoms with Crippen LogP contribution < -0.4 is 19.5 Å². The fraction of sp³-hybridized carbons (Fsp3) is 0.333. The lowest BCUT2D eigenvalue weighted by molar-refractivity contribution is -0.137. The first-order valence-electron chi connectivity index (χ1n) is 12.2. The molecule has 1 unspecified atom stereocenters. The lowest BCUT2D eigenvalue weighted by atomic mass is 9.97. The highest BCUT2D eigenvalue weighted by atomic mass is 19.1. The van der Waals surface area contributed by atoms with Gasteiger partial charge in [0.25, 0.3) is 0 Å². The lowest BCUT2D eigenvalue weighted by Gasteiger charge is -2.18. The Morgan fingerprint density at radius 1 is 1.24 bits per heavy atom. The van der Waals surface area contributed by atoms with Crippen molar-refractivity contribution in [2.75, 3.05) is 25.1 Å². The number of para-hydroxylation sites is 1. The number of nitrogens with zero attached hydrogens (tertiary/aromatic N) is 2. The molecule has 1 aliphatic carbocycles. The molecule has 0 fully saturated rings. The van der Waals surface area contributed by atoms with Crippen molar-refractivity contribution in [1.29, 1.82) is 0 Å². The Morgan fingerprint density at radius 2 is 2.11 bits per heavy atom. The molecule has 1 aromatic heterocycles. The molecule has 37 heavy (non-hydrogen) atoms. The molecule has 3 aromatic rings. The van der Waals surface area contributed by atoms with E-state index in [0.29, 0.717) is 42.7 Å². The van der Waals surface area contributed by atoms with Crippen molar-refractivity contribution in [2.45, 2.75) is 37.9 Å². The predicted octanol–water partition coefficient (Wildman–Crippen LogP) is 4.97. The molecule has 3 aliphatic rings. The van der Waals surface area contributed by atoms with Crippen LogP contribution in [0.5, 0.6) is 17.5 Å². The van der Waals surface area contributed by atoms with E-state index in [2.05, 4.69) is 10.3 Å². The van der Waals surface area contributed by atoms with Gasteiger partial charge in [-0.15, -0.1) is 0 Å². The van der Waals surface area contributed by atoms with E-state index in [1.165, 1.54) is 0 Å². The van der Waals surface area contributed by atoms with Crippen LogP contribution in [0.4, 0.5) is 14.5 Å². The van der Waals surface area contributed by atoms with E-state index in [1.807, 2.05) is 36.4 Å². The van der Waals surface area contributed by atoms with Gasteiger partial charge >= 0.3 is 12.0 Å². The van der Waals surface area contributed by atoms with Crippen molar-refractivity contribution in [1.82, 2.24) is 9.55 Å². The van der Waals surface area contributed by atoms with Gasteiger partial charge in [-0.25, -0.2) is 8.78 Å². The highest BCUT2D eigenvalue weighted by molar-refractivity contribution is 5.69. The van der Waals surface area contributed by atoms with E-state index in [4.69, 9.17) is 19.3 Å². The number of nitrogens with one attached hydrogen (secondary N) is 1. The molecule has 3 heterocycles. The van der Waals surface area contributed by atoms with Crippen molar-refractivity contribution in [3.8, 4) is 23.2 Å². The molecule has 10 heteroatoms. The molecule has 0 saturated heterocycles. The highest BCUT2D eigenvalue weighted by Gasteiger charge is 2.33. The number of imidazole rings is 1. The molecule has 6 rings (SSSR count). The Bertz CT molecular complexity index is 1420. The van der Waals surface area contributed by atoms with Crippen LogP contribution >= 0.6 is 0 Å². The number of rotatable bonds is 7. The molecular weight excluding hydrogens is 484 g/mol. The zero-order valence-corrected chi connectivity index (χ0v) is 20.0. The SMILES string of the molecule is CCOc1nc2c(n1-c1cccc3c1OC[C@H]3Nc1ccc3c(c1)OC[C@H]3CC(=O)O)CC(F)C=C2F. The summed E-state index contributed by atoms with van der Waals surface area (Å²) in [6.07, 6.45) is -0.518. The monoisotopic (exact) mass is 509 g/mol. The summed E-state index contributed by atoms with van der Waals surface area (Å²) in [6.45, 7) is 2.80. The second-order valence-electron chi connectivity index (χ2n) is 9.25. The smallest absolute Gasteiger partial charge is 0.304 e. The second kappa shape index (κ2) is 9.10. The largest absolute Gasteiger partial charge is 0.493 e. The molecule has 0 saturated carbocycles. The number of fused-ring (bicyclic) bond motifs is 3. The van der Waals surface area contributed by atoms with Gasteiger partial charge in [0, 0.05) is 35.2 Å². The van der Waals surface area contributed by atoms with Crippen molar-refractivity contribution < 1.29 is 32.9 Å². The van der Waals surface area contributed by atoms with Gasteiger partial charge in [0.2, 0.25) is 0 Å². The van der Waals surface area contributed by atoms with Crippen LogP contribution in [0.3, 0.4) is 0 Å². The summed E-state index contributed by atoms with van der Waals surface area (Å²) >= 11 is 0. The van der Waals surface area contributed by atoms with Gasteiger partial charge in [0.05, 0.1) is 37.1 Å². The number of allylic oxidation sites excluding steroid dienone is 1. The number of halogens is 2. The summed E-state index contributed by atoms with van der Waals surface area (Å²) in [5.74, 6) is -0.460. The van der Waals surface area contributed by atoms with Crippen molar-refractivity contribution in [3.63, 3.8) is 0 Å². The maximum Gasteiger partial charge on any atom is 0.304 e. The number of ether oxygens (including phenoxy) is 3. The number of hydrogen-bond donors (Lipinski definition) is 2. The fourth-order valence-corrected chi connectivity index (χ4v) is 5.24. The van der Waals surface area contributed by atoms with Crippen molar-refractivity contribution in [3.05, 3.63) is 65.0 Å². The first-order valence-corrected chi connectivity index (χ1v) is 12.2. The number of carbonyl (C=O) groups is 1. The molecule has 2 N–H and O–H groups in total. The third kappa shape index (κ3) is 4.06. The van der Waals surface area contributed by atoms with Crippen LogP contribution in [-0.2, 0) is 11.2 Å². The molecule has 2 aromatic carbocycles. The molecule has 0 radical (unpaired) electrons. The molecular formula is C27H25F2N3O5. The van der Waals surface area contributed by atoms with Crippen molar-refractivity contribution in [2.24, 2.45) is 0 Å². The molecule has 192 valence electrons. The number of carboxylic acids is 1. The maximum atomic E-state index is 14.5. The second-order valence-corrected chi connectivity index (χ2v) is 9.25. The molecule has 0 amide bonds. The summed E-state index contributed by atoms with van der Waals surface area (Å²) in [6, 6.07) is 11.3. The number of anilines is 1. The van der Waals surface area contributed by atoms with E-state index in [0.717, 1.165) is 22.9 Å². The van der Waals surface area contributed by atoms with Gasteiger partial charge in [-0.3, -0.25) is 9.36 Å². The standard InChI is InChI=1S/C27H25F2N3O5/c1-2-35-27-31-25-19(29)9-15(28)10-22(25)32(27)21-5-3-4-18-20(13-37-26(18)21)30-16-6-7-17-14(8-24(33)34)12-36-23(17)11-16/h3-7,9,11,14-15,20,30H,2,8,10,12-13H2,1H3,(H,33,34)/t14-,15?,20-/m1/s1. The van der Waals surface area contributed by atoms with E-state index in [1.54, 1.807) is 11.5 Å². The molecule has 2 aliphatic heterocycles. The number of aliphatic carboxylic acids is 1. The average Bonchev–Trinajstić information content (AvgIpc) is 3.55. The maximum absolute atomic E-state index is 14.5. The lowest BCUT2D eigenvalue weighted by Crippen LogP contribution is -2.14. The predicted molar refractivity (Wildman–Crippen MR) is 131 cm³/mol. The normalized spacial score (nSPS) is 21.3. The minimum Gasteiger partial charge on any atom is -0.493 e. The third-order valence-electron chi connectivity index (χ3n) is 6.85. The number of aromatic nitrogens is 2. The Balaban J connectivity index is 1.32. The van der Waals surface area contributed by atoms with E-state index < -0.39 is 18.0 Å². The van der Waals surface area contributed by atoms with Gasteiger partial charge in [-0.1, -0.05) is 18.2 Å².